The maximum Gasteiger partial charge on any atom is 0.433 e. The lowest BCUT2D eigenvalue weighted by atomic mass is 10.2. The van der Waals surface area contributed by atoms with Crippen molar-refractivity contribution in [2.45, 2.75) is 13.1 Å². The van der Waals surface area contributed by atoms with Gasteiger partial charge in [-0.3, -0.25) is 0 Å². The van der Waals surface area contributed by atoms with Crippen molar-refractivity contribution in [3.63, 3.8) is 0 Å². The fourth-order valence-corrected chi connectivity index (χ4v) is 2.72. The molecular formula is C15H17F3N4. The largest absolute Gasteiger partial charge is 0.433 e. The second kappa shape index (κ2) is 5.72. The standard InChI is InChI=1S/C15H17F3N4/c1-2-21-7-9-22(10-8-21)14-11-3-4-13(15(16,17)18)20-12(11)5-6-19-14/h3-6H,2,7-10H2,1H3. The molecule has 0 aliphatic carbocycles. The number of piperazine rings is 1. The lowest BCUT2D eigenvalue weighted by Crippen LogP contribution is -2.46. The number of alkyl halides is 3. The van der Waals surface area contributed by atoms with E-state index >= 15 is 0 Å². The number of hydrogen-bond donors (Lipinski definition) is 0. The number of fused-ring (bicyclic) bond motifs is 1. The molecule has 7 heteroatoms. The van der Waals surface area contributed by atoms with Crippen LogP contribution in [-0.4, -0.2) is 47.6 Å². The van der Waals surface area contributed by atoms with Gasteiger partial charge in [-0.1, -0.05) is 6.92 Å². The highest BCUT2D eigenvalue weighted by atomic mass is 19.4. The number of pyridine rings is 2. The van der Waals surface area contributed by atoms with Crippen LogP contribution in [0.2, 0.25) is 0 Å². The summed E-state index contributed by atoms with van der Waals surface area (Å²) >= 11 is 0. The minimum absolute atomic E-state index is 0.331. The van der Waals surface area contributed by atoms with Crippen molar-refractivity contribution in [2.24, 2.45) is 0 Å². The van der Waals surface area contributed by atoms with Gasteiger partial charge in [0.25, 0.3) is 0 Å². The Morgan fingerprint density at radius 2 is 1.82 bits per heavy atom. The molecule has 0 spiro atoms. The summed E-state index contributed by atoms with van der Waals surface area (Å²) in [6.45, 7) is 6.63. The Morgan fingerprint density at radius 3 is 2.45 bits per heavy atom. The number of nitrogens with zero attached hydrogens (tertiary/aromatic N) is 4. The van der Waals surface area contributed by atoms with E-state index in [9.17, 15) is 13.2 Å². The van der Waals surface area contributed by atoms with E-state index in [0.717, 1.165) is 44.6 Å². The molecule has 1 fully saturated rings. The molecule has 3 heterocycles. The smallest absolute Gasteiger partial charge is 0.353 e. The highest BCUT2D eigenvalue weighted by molar-refractivity contribution is 5.89. The number of hydrogen-bond acceptors (Lipinski definition) is 4. The molecule has 118 valence electrons. The predicted octanol–water partition coefficient (Wildman–Crippen LogP) is 2.79. The molecule has 2 aromatic heterocycles. The summed E-state index contributed by atoms with van der Waals surface area (Å²) in [5.74, 6) is 0.717. The van der Waals surface area contributed by atoms with Gasteiger partial charge in [0.15, 0.2) is 0 Å². The molecule has 0 bridgehead atoms. The number of likely N-dealkylation sites (N-methyl/N-ethyl adjacent to an activating group) is 1. The third-order valence-electron chi connectivity index (χ3n) is 4.00. The van der Waals surface area contributed by atoms with Crippen LogP contribution in [0.4, 0.5) is 19.0 Å². The fourth-order valence-electron chi connectivity index (χ4n) is 2.72. The Bertz CT molecular complexity index is 663. The molecule has 0 radical (unpaired) electrons. The first-order valence-corrected chi connectivity index (χ1v) is 7.29. The molecule has 2 aromatic rings. The Balaban J connectivity index is 1.94. The Hall–Kier alpha value is -1.89. The van der Waals surface area contributed by atoms with Gasteiger partial charge in [0.05, 0.1) is 5.52 Å². The van der Waals surface area contributed by atoms with Gasteiger partial charge in [0, 0.05) is 37.8 Å². The Labute approximate surface area is 126 Å². The predicted molar refractivity (Wildman–Crippen MR) is 78.9 cm³/mol. The van der Waals surface area contributed by atoms with Crippen molar-refractivity contribution >= 4 is 16.7 Å². The molecular weight excluding hydrogens is 293 g/mol. The molecule has 0 unspecified atom stereocenters. The van der Waals surface area contributed by atoms with E-state index in [2.05, 4.69) is 26.7 Å². The van der Waals surface area contributed by atoms with Crippen molar-refractivity contribution in [1.29, 1.82) is 0 Å². The Kier molecular flexibility index (Phi) is 3.90. The molecule has 0 N–H and O–H groups in total. The Morgan fingerprint density at radius 1 is 1.09 bits per heavy atom. The van der Waals surface area contributed by atoms with Gasteiger partial charge in [-0.15, -0.1) is 0 Å². The summed E-state index contributed by atoms with van der Waals surface area (Å²) in [4.78, 5) is 12.5. The van der Waals surface area contributed by atoms with Crippen molar-refractivity contribution in [3.8, 4) is 0 Å². The molecule has 0 amide bonds. The van der Waals surface area contributed by atoms with Crippen molar-refractivity contribution in [3.05, 3.63) is 30.1 Å². The minimum Gasteiger partial charge on any atom is -0.353 e. The summed E-state index contributed by atoms with van der Waals surface area (Å²) in [5, 5.41) is 0.667. The quantitative estimate of drug-likeness (QED) is 0.854. The monoisotopic (exact) mass is 310 g/mol. The van der Waals surface area contributed by atoms with Crippen LogP contribution in [0.5, 0.6) is 0 Å². The molecule has 1 aliphatic rings. The molecule has 4 nitrogen and oxygen atoms in total. The second-order valence-corrected chi connectivity index (χ2v) is 5.32. The van der Waals surface area contributed by atoms with Crippen LogP contribution in [0, 0.1) is 0 Å². The lowest BCUT2D eigenvalue weighted by Gasteiger charge is -2.35. The van der Waals surface area contributed by atoms with Gasteiger partial charge in [-0.25, -0.2) is 9.97 Å². The van der Waals surface area contributed by atoms with E-state index < -0.39 is 11.9 Å². The third kappa shape index (κ3) is 2.85. The fraction of sp³-hybridized carbons (Fsp3) is 0.467. The van der Waals surface area contributed by atoms with Crippen LogP contribution in [0.15, 0.2) is 24.4 Å². The summed E-state index contributed by atoms with van der Waals surface area (Å²) in [5.41, 5.74) is -0.536. The lowest BCUT2D eigenvalue weighted by molar-refractivity contribution is -0.140. The van der Waals surface area contributed by atoms with E-state index in [4.69, 9.17) is 0 Å². The average Bonchev–Trinajstić information content (AvgIpc) is 2.53. The molecule has 0 atom stereocenters. The summed E-state index contributed by atoms with van der Waals surface area (Å²) in [6, 6.07) is 4.02. The van der Waals surface area contributed by atoms with Gasteiger partial charge in [-0.05, 0) is 24.7 Å². The van der Waals surface area contributed by atoms with Crippen LogP contribution in [0.25, 0.3) is 10.9 Å². The SMILES string of the molecule is CCN1CCN(c2nccc3nc(C(F)(F)F)ccc23)CC1. The molecule has 3 rings (SSSR count). The van der Waals surface area contributed by atoms with Gasteiger partial charge < -0.3 is 9.80 Å². The van der Waals surface area contributed by atoms with Crippen molar-refractivity contribution in [1.82, 2.24) is 14.9 Å². The highest BCUT2D eigenvalue weighted by Gasteiger charge is 2.32. The topological polar surface area (TPSA) is 32.3 Å². The van der Waals surface area contributed by atoms with Gasteiger partial charge in [0.2, 0.25) is 0 Å². The van der Waals surface area contributed by atoms with Crippen LogP contribution < -0.4 is 4.90 Å². The highest BCUT2D eigenvalue weighted by Crippen LogP contribution is 2.31. The maximum absolute atomic E-state index is 12.8. The zero-order chi connectivity index (χ0) is 15.7. The number of anilines is 1. The average molecular weight is 310 g/mol. The molecule has 0 aromatic carbocycles. The van der Waals surface area contributed by atoms with E-state index in [1.165, 1.54) is 18.3 Å². The van der Waals surface area contributed by atoms with Gasteiger partial charge in [-0.2, -0.15) is 13.2 Å². The first-order chi connectivity index (χ1) is 10.5. The first kappa shape index (κ1) is 15.0. The van der Waals surface area contributed by atoms with Gasteiger partial charge >= 0.3 is 6.18 Å². The van der Waals surface area contributed by atoms with Crippen LogP contribution in [-0.2, 0) is 6.18 Å². The number of halogens is 3. The molecule has 1 aliphatic heterocycles. The van der Waals surface area contributed by atoms with Crippen LogP contribution >= 0.6 is 0 Å². The molecule has 22 heavy (non-hydrogen) atoms. The molecule has 0 saturated carbocycles. The number of rotatable bonds is 2. The van der Waals surface area contributed by atoms with Crippen molar-refractivity contribution < 1.29 is 13.2 Å². The van der Waals surface area contributed by atoms with E-state index in [0.29, 0.717) is 10.9 Å². The number of aromatic nitrogens is 2. The second-order valence-electron chi connectivity index (χ2n) is 5.32. The summed E-state index contributed by atoms with van der Waals surface area (Å²) < 4.78 is 38.3. The molecule has 1 saturated heterocycles. The van der Waals surface area contributed by atoms with E-state index in [1.54, 1.807) is 0 Å². The van der Waals surface area contributed by atoms with E-state index in [-0.39, 0.29) is 0 Å². The minimum atomic E-state index is -4.43. The summed E-state index contributed by atoms with van der Waals surface area (Å²) in [6.07, 6.45) is -2.90. The normalized spacial score (nSPS) is 17.2. The zero-order valence-electron chi connectivity index (χ0n) is 12.3. The van der Waals surface area contributed by atoms with E-state index in [1.807, 2.05) is 0 Å². The van der Waals surface area contributed by atoms with Gasteiger partial charge in [0.1, 0.15) is 11.5 Å². The first-order valence-electron chi connectivity index (χ1n) is 7.29. The maximum atomic E-state index is 12.8. The zero-order valence-corrected chi connectivity index (χ0v) is 12.3. The van der Waals surface area contributed by atoms with Crippen LogP contribution in [0.3, 0.4) is 0 Å². The third-order valence-corrected chi connectivity index (χ3v) is 4.00. The summed E-state index contributed by atoms with van der Waals surface area (Å²) in [7, 11) is 0. The van der Waals surface area contributed by atoms with Crippen molar-refractivity contribution in [2.75, 3.05) is 37.6 Å². The van der Waals surface area contributed by atoms with Crippen LogP contribution in [0.1, 0.15) is 12.6 Å².